The largest absolute Gasteiger partial charge is 0.480 e. The first-order chi connectivity index (χ1) is 6.36. The zero-order valence-electron chi connectivity index (χ0n) is 7.57. The molecule has 3 N–H and O–H groups in total. The molecule has 0 spiro atoms. The minimum atomic E-state index is -1.14. The van der Waals surface area contributed by atoms with Crippen LogP contribution in [-0.4, -0.2) is 32.0 Å². The molecule has 80 valence electrons. The molecule has 0 aromatic heterocycles. The van der Waals surface area contributed by atoms with Crippen LogP contribution in [0, 0.1) is 0 Å². The average molecular weight is 314 g/mol. The maximum absolute atomic E-state index is 10.9. The number of halogens is 1. The number of primary amides is 1. The Kier molecular flexibility index (Phi) is 5.43. The third-order valence-electron chi connectivity index (χ3n) is 1.52. The van der Waals surface area contributed by atoms with Crippen molar-refractivity contribution in [1.82, 2.24) is 3.11 Å². The fraction of sp³-hybridized carbons (Fsp3) is 0.571. The topological polar surface area (TPSA) is 101 Å². The van der Waals surface area contributed by atoms with Crippen LogP contribution in [0.5, 0.6) is 0 Å². The van der Waals surface area contributed by atoms with Crippen molar-refractivity contribution >= 4 is 40.6 Å². The normalized spacial score (nSPS) is 11.9. The number of aliphatic carboxylic acids is 1. The molecule has 14 heavy (non-hydrogen) atoms. The highest BCUT2D eigenvalue weighted by atomic mass is 127. The van der Waals surface area contributed by atoms with E-state index in [9.17, 15) is 14.4 Å². The summed E-state index contributed by atoms with van der Waals surface area (Å²) in [6.07, 6.45) is -0.0169. The van der Waals surface area contributed by atoms with Crippen molar-refractivity contribution in [3.05, 3.63) is 0 Å². The van der Waals surface area contributed by atoms with E-state index in [1.807, 2.05) is 0 Å². The molecule has 0 saturated carbocycles. The van der Waals surface area contributed by atoms with Gasteiger partial charge in [0.25, 0.3) is 0 Å². The van der Waals surface area contributed by atoms with Crippen LogP contribution in [0.25, 0.3) is 0 Å². The molecule has 0 aliphatic heterocycles. The van der Waals surface area contributed by atoms with Crippen LogP contribution >= 0.6 is 22.9 Å². The molecule has 0 rings (SSSR count). The second-order valence-corrected chi connectivity index (χ2v) is 3.73. The second-order valence-electron chi connectivity index (χ2n) is 2.69. The summed E-state index contributed by atoms with van der Waals surface area (Å²) in [6.45, 7) is 1.26. The van der Waals surface area contributed by atoms with E-state index in [0.29, 0.717) is 0 Å². The highest BCUT2D eigenvalue weighted by Gasteiger charge is 2.26. The van der Waals surface area contributed by atoms with Gasteiger partial charge in [0.1, 0.15) is 6.04 Å². The predicted molar refractivity (Wildman–Crippen MR) is 56.4 cm³/mol. The van der Waals surface area contributed by atoms with E-state index in [1.165, 1.54) is 6.92 Å². The molecule has 1 unspecified atom stereocenters. The number of amides is 2. The molecule has 0 aliphatic carbocycles. The summed E-state index contributed by atoms with van der Waals surface area (Å²) < 4.78 is 1.04. The fourth-order valence-electron chi connectivity index (χ4n) is 0.832. The van der Waals surface area contributed by atoms with Crippen LogP contribution in [-0.2, 0) is 14.4 Å². The Balaban J connectivity index is 4.37. The van der Waals surface area contributed by atoms with E-state index in [1.54, 1.807) is 22.9 Å². The molecule has 0 aromatic rings. The number of carbonyl (C=O) groups excluding carboxylic acids is 2. The summed E-state index contributed by atoms with van der Waals surface area (Å²) in [5, 5.41) is 8.75. The molecule has 0 saturated heterocycles. The molecule has 0 bridgehead atoms. The van der Waals surface area contributed by atoms with E-state index < -0.39 is 17.9 Å². The number of rotatable bonds is 5. The minimum absolute atomic E-state index is 0.0349. The van der Waals surface area contributed by atoms with Crippen molar-refractivity contribution in [2.45, 2.75) is 25.8 Å². The molecule has 0 aromatic carbocycles. The maximum Gasteiger partial charge on any atom is 0.327 e. The lowest BCUT2D eigenvalue weighted by Crippen LogP contribution is -2.38. The average Bonchev–Trinajstić information content (AvgIpc) is 2.02. The standard InChI is InChI=1S/C7H11IN2O4/c1-4(11)10(8)5(7(13)14)2-3-6(9)12/h5H,2-3H2,1H3,(H2,9,12)(H,13,14). The van der Waals surface area contributed by atoms with Gasteiger partial charge in [0.2, 0.25) is 11.8 Å². The van der Waals surface area contributed by atoms with Gasteiger partial charge < -0.3 is 10.8 Å². The molecular weight excluding hydrogens is 303 g/mol. The first kappa shape index (κ1) is 13.1. The first-order valence-corrected chi connectivity index (χ1v) is 4.79. The number of hydrogen-bond acceptors (Lipinski definition) is 3. The van der Waals surface area contributed by atoms with Crippen molar-refractivity contribution in [3.63, 3.8) is 0 Å². The van der Waals surface area contributed by atoms with Crippen LogP contribution in [0.1, 0.15) is 19.8 Å². The highest BCUT2D eigenvalue weighted by molar-refractivity contribution is 14.1. The summed E-state index contributed by atoms with van der Waals surface area (Å²) in [5.41, 5.74) is 4.88. The fourth-order valence-corrected chi connectivity index (χ4v) is 1.35. The predicted octanol–water partition coefficient (Wildman–Crippen LogP) is -0.0964. The van der Waals surface area contributed by atoms with Crippen LogP contribution in [0.2, 0.25) is 0 Å². The van der Waals surface area contributed by atoms with Gasteiger partial charge in [-0.2, -0.15) is 0 Å². The number of nitrogens with two attached hydrogens (primary N) is 1. The molecule has 0 radical (unpaired) electrons. The Morgan fingerprint density at radius 3 is 2.29 bits per heavy atom. The molecule has 7 heteroatoms. The van der Waals surface area contributed by atoms with Gasteiger partial charge in [-0.15, -0.1) is 0 Å². The molecule has 1 atom stereocenters. The SMILES string of the molecule is CC(=O)N(I)C(CCC(N)=O)C(=O)O. The third kappa shape index (κ3) is 4.40. The van der Waals surface area contributed by atoms with E-state index in [-0.39, 0.29) is 18.7 Å². The highest BCUT2D eigenvalue weighted by Crippen LogP contribution is 2.13. The van der Waals surface area contributed by atoms with Crippen LogP contribution in [0.15, 0.2) is 0 Å². The Labute approximate surface area is 94.9 Å². The Hall–Kier alpha value is -0.860. The van der Waals surface area contributed by atoms with E-state index in [4.69, 9.17) is 10.8 Å². The van der Waals surface area contributed by atoms with Gasteiger partial charge in [0.15, 0.2) is 0 Å². The third-order valence-corrected chi connectivity index (χ3v) is 2.88. The van der Waals surface area contributed by atoms with E-state index >= 15 is 0 Å². The maximum atomic E-state index is 10.9. The van der Waals surface area contributed by atoms with E-state index in [2.05, 4.69) is 0 Å². The van der Waals surface area contributed by atoms with Gasteiger partial charge in [-0.05, 0) is 6.42 Å². The van der Waals surface area contributed by atoms with Crippen molar-refractivity contribution in [3.8, 4) is 0 Å². The molecule has 0 aliphatic rings. The van der Waals surface area contributed by atoms with Crippen LogP contribution in [0.3, 0.4) is 0 Å². The number of carbonyl (C=O) groups is 3. The van der Waals surface area contributed by atoms with Crippen molar-refractivity contribution in [2.24, 2.45) is 5.73 Å². The van der Waals surface area contributed by atoms with Crippen LogP contribution < -0.4 is 5.73 Å². The summed E-state index contributed by atoms with van der Waals surface area (Å²) in [7, 11) is 0. The van der Waals surface area contributed by atoms with Gasteiger partial charge in [-0.3, -0.25) is 12.7 Å². The Bertz CT molecular complexity index is 256. The quantitative estimate of drug-likeness (QED) is 0.547. The molecular formula is C7H11IN2O4. The molecule has 0 fully saturated rings. The zero-order chi connectivity index (χ0) is 11.3. The lowest BCUT2D eigenvalue weighted by molar-refractivity contribution is -0.144. The Morgan fingerprint density at radius 1 is 1.50 bits per heavy atom. The lowest BCUT2D eigenvalue weighted by Gasteiger charge is -2.20. The van der Waals surface area contributed by atoms with E-state index in [0.717, 1.165) is 3.11 Å². The van der Waals surface area contributed by atoms with Crippen molar-refractivity contribution in [1.29, 1.82) is 0 Å². The molecule has 2 amide bonds. The zero-order valence-corrected chi connectivity index (χ0v) is 9.72. The van der Waals surface area contributed by atoms with Gasteiger partial charge in [0.05, 0.1) is 22.9 Å². The van der Waals surface area contributed by atoms with Gasteiger partial charge >= 0.3 is 5.97 Å². The number of carboxylic acid groups (broad SMARTS) is 1. The monoisotopic (exact) mass is 314 g/mol. The van der Waals surface area contributed by atoms with Gasteiger partial charge in [0, 0.05) is 13.3 Å². The number of hydrogen-bond donors (Lipinski definition) is 2. The first-order valence-electron chi connectivity index (χ1n) is 3.83. The number of carboxylic acids is 1. The van der Waals surface area contributed by atoms with Gasteiger partial charge in [-0.1, -0.05) is 0 Å². The Morgan fingerprint density at radius 2 is 2.00 bits per heavy atom. The van der Waals surface area contributed by atoms with Crippen LogP contribution in [0.4, 0.5) is 0 Å². The summed E-state index contributed by atoms with van der Waals surface area (Å²) in [6, 6.07) is -0.999. The smallest absolute Gasteiger partial charge is 0.327 e. The second kappa shape index (κ2) is 5.78. The lowest BCUT2D eigenvalue weighted by atomic mass is 10.1. The molecule has 6 nitrogen and oxygen atoms in total. The van der Waals surface area contributed by atoms with Crippen molar-refractivity contribution < 1.29 is 19.5 Å². The molecule has 0 heterocycles. The number of nitrogens with zero attached hydrogens (tertiary/aromatic N) is 1. The minimum Gasteiger partial charge on any atom is -0.480 e. The van der Waals surface area contributed by atoms with Gasteiger partial charge in [-0.25, -0.2) is 4.79 Å². The summed E-state index contributed by atoms with van der Waals surface area (Å²) >= 11 is 1.61. The van der Waals surface area contributed by atoms with Crippen molar-refractivity contribution in [2.75, 3.05) is 0 Å². The summed E-state index contributed by atoms with van der Waals surface area (Å²) in [5.74, 6) is -2.09. The summed E-state index contributed by atoms with van der Waals surface area (Å²) in [4.78, 5) is 32.0.